The van der Waals surface area contributed by atoms with Gasteiger partial charge in [0.15, 0.2) is 0 Å². The predicted octanol–water partition coefficient (Wildman–Crippen LogP) is 3.23. The lowest BCUT2D eigenvalue weighted by Gasteiger charge is -2.30. The van der Waals surface area contributed by atoms with Crippen LogP contribution in [-0.2, 0) is 10.5 Å². The van der Waals surface area contributed by atoms with Gasteiger partial charge in [0.2, 0.25) is 0 Å². The first-order valence-electron chi connectivity index (χ1n) is 6.59. The van der Waals surface area contributed by atoms with Gasteiger partial charge >= 0.3 is 0 Å². The van der Waals surface area contributed by atoms with Gasteiger partial charge in [-0.05, 0) is 19.3 Å². The lowest BCUT2D eigenvalue weighted by atomic mass is 9.87. The number of benzene rings is 1. The highest BCUT2D eigenvalue weighted by molar-refractivity contribution is 5.89. The van der Waals surface area contributed by atoms with E-state index in [1.165, 1.54) is 18.2 Å². The Kier molecular flexibility index (Phi) is 4.54. The minimum Gasteiger partial charge on any atom is -0.349 e. The number of nitrogens with one attached hydrogen (secondary N) is 1. The molecule has 1 amide bonds. The van der Waals surface area contributed by atoms with Crippen LogP contribution >= 0.6 is 0 Å². The van der Waals surface area contributed by atoms with Gasteiger partial charge in [-0.25, -0.2) is 4.39 Å². The molecule has 1 aromatic rings. The Labute approximate surface area is 119 Å². The molecule has 0 heterocycles. The Morgan fingerprint density at radius 2 is 1.80 bits per heavy atom. The Hall–Kier alpha value is -1.89. The number of hydrogen-bond acceptors (Lipinski definition) is 2. The van der Waals surface area contributed by atoms with Crippen LogP contribution in [0.4, 0.5) is 4.39 Å². The van der Waals surface area contributed by atoms with Crippen molar-refractivity contribution in [2.24, 2.45) is 5.41 Å². The van der Waals surface area contributed by atoms with E-state index in [4.69, 9.17) is 5.26 Å². The van der Waals surface area contributed by atoms with Gasteiger partial charge in [-0.2, -0.15) is 5.26 Å². The van der Waals surface area contributed by atoms with E-state index in [-0.39, 0.29) is 17.0 Å². The molecule has 0 fully saturated rings. The van der Waals surface area contributed by atoms with E-state index < -0.39 is 11.6 Å². The van der Waals surface area contributed by atoms with Crippen LogP contribution in [0.3, 0.4) is 0 Å². The highest BCUT2D eigenvalue weighted by Crippen LogP contribution is 2.27. The van der Waals surface area contributed by atoms with Crippen molar-refractivity contribution in [3.05, 3.63) is 35.4 Å². The minimum absolute atomic E-state index is 0.0595. The lowest BCUT2D eigenvalue weighted by molar-refractivity contribution is -0.131. The van der Waals surface area contributed by atoms with Crippen LogP contribution in [0.25, 0.3) is 0 Å². The molecule has 4 heteroatoms. The first-order valence-corrected chi connectivity index (χ1v) is 6.59. The van der Waals surface area contributed by atoms with Crippen molar-refractivity contribution in [2.45, 2.75) is 46.3 Å². The summed E-state index contributed by atoms with van der Waals surface area (Å²) in [4.78, 5) is 12.1. The zero-order chi connectivity index (χ0) is 15.6. The van der Waals surface area contributed by atoms with Crippen molar-refractivity contribution in [2.75, 3.05) is 0 Å². The standard InChI is InChI=1S/C16H21FN2O/c1-11-6-8-13(9-7-11)16(17,10-18)14(20)19-12(2)15(3,4)5/h6-9,12H,1-5H3,(H,19,20)/t12-,16-/m1/s1. The molecule has 3 nitrogen and oxygen atoms in total. The molecule has 0 saturated carbocycles. The molecule has 0 aliphatic heterocycles. The van der Waals surface area contributed by atoms with Crippen LogP contribution in [0, 0.1) is 23.7 Å². The number of carbonyl (C=O) groups excluding carboxylic acids is 1. The highest BCUT2D eigenvalue weighted by atomic mass is 19.1. The van der Waals surface area contributed by atoms with Crippen LogP contribution in [0.5, 0.6) is 0 Å². The smallest absolute Gasteiger partial charge is 0.298 e. The van der Waals surface area contributed by atoms with Crippen molar-refractivity contribution in [1.29, 1.82) is 5.26 Å². The fourth-order valence-electron chi connectivity index (χ4n) is 1.54. The summed E-state index contributed by atoms with van der Waals surface area (Å²) in [6.45, 7) is 9.48. The maximum Gasteiger partial charge on any atom is 0.298 e. The monoisotopic (exact) mass is 276 g/mol. The fourth-order valence-corrected chi connectivity index (χ4v) is 1.54. The van der Waals surface area contributed by atoms with E-state index in [2.05, 4.69) is 5.32 Å². The molecule has 0 spiro atoms. The van der Waals surface area contributed by atoms with Gasteiger partial charge < -0.3 is 5.32 Å². The summed E-state index contributed by atoms with van der Waals surface area (Å²) in [5.41, 5.74) is -1.87. The van der Waals surface area contributed by atoms with Crippen LogP contribution in [-0.4, -0.2) is 11.9 Å². The number of alkyl halides is 1. The average Bonchev–Trinajstić information content (AvgIpc) is 2.37. The summed E-state index contributed by atoms with van der Waals surface area (Å²) in [7, 11) is 0. The molecule has 108 valence electrons. The number of nitriles is 1. The summed E-state index contributed by atoms with van der Waals surface area (Å²) in [6.07, 6.45) is 0. The van der Waals surface area contributed by atoms with Crippen molar-refractivity contribution in [1.82, 2.24) is 5.32 Å². The molecular formula is C16H21FN2O. The van der Waals surface area contributed by atoms with Gasteiger partial charge in [-0.15, -0.1) is 0 Å². The number of amides is 1. The zero-order valence-electron chi connectivity index (χ0n) is 12.6. The zero-order valence-corrected chi connectivity index (χ0v) is 12.6. The first-order chi connectivity index (χ1) is 9.11. The predicted molar refractivity (Wildman–Crippen MR) is 76.6 cm³/mol. The molecule has 1 rings (SSSR count). The number of hydrogen-bond donors (Lipinski definition) is 1. The Balaban J connectivity index is 3.03. The number of carbonyl (C=O) groups is 1. The number of aryl methyl sites for hydroxylation is 1. The molecule has 20 heavy (non-hydrogen) atoms. The third-order valence-corrected chi connectivity index (χ3v) is 3.56. The third-order valence-electron chi connectivity index (χ3n) is 3.56. The first kappa shape index (κ1) is 16.2. The second-order valence-corrected chi connectivity index (χ2v) is 6.20. The van der Waals surface area contributed by atoms with Gasteiger partial charge in [0.1, 0.15) is 6.07 Å². The van der Waals surface area contributed by atoms with E-state index in [0.717, 1.165) is 5.56 Å². The molecular weight excluding hydrogens is 255 g/mol. The third kappa shape index (κ3) is 3.36. The van der Waals surface area contributed by atoms with Gasteiger partial charge in [0.05, 0.1) is 0 Å². The van der Waals surface area contributed by atoms with E-state index in [1.807, 2.05) is 27.7 Å². The Morgan fingerprint density at radius 3 is 2.20 bits per heavy atom. The molecule has 0 aliphatic carbocycles. The maximum atomic E-state index is 14.8. The van der Waals surface area contributed by atoms with E-state index in [9.17, 15) is 9.18 Å². The second kappa shape index (κ2) is 5.62. The number of rotatable bonds is 3. The van der Waals surface area contributed by atoms with Crippen LogP contribution in [0.15, 0.2) is 24.3 Å². The fraction of sp³-hybridized carbons (Fsp3) is 0.500. The Morgan fingerprint density at radius 1 is 1.30 bits per heavy atom. The summed E-state index contributed by atoms with van der Waals surface area (Å²) in [5.74, 6) is -0.911. The van der Waals surface area contributed by atoms with E-state index in [1.54, 1.807) is 19.1 Å². The summed E-state index contributed by atoms with van der Waals surface area (Å²) >= 11 is 0. The minimum atomic E-state index is -2.66. The number of nitrogens with zero attached hydrogens (tertiary/aromatic N) is 1. The molecule has 0 bridgehead atoms. The van der Waals surface area contributed by atoms with Gasteiger partial charge in [0, 0.05) is 11.6 Å². The summed E-state index contributed by atoms with van der Waals surface area (Å²) in [6, 6.07) is 7.55. The summed E-state index contributed by atoms with van der Waals surface area (Å²) in [5, 5.41) is 11.7. The van der Waals surface area contributed by atoms with Gasteiger partial charge in [0.25, 0.3) is 11.6 Å². The van der Waals surface area contributed by atoms with Crippen LogP contribution < -0.4 is 5.32 Å². The highest BCUT2D eigenvalue weighted by Gasteiger charge is 2.42. The van der Waals surface area contributed by atoms with Crippen molar-refractivity contribution < 1.29 is 9.18 Å². The van der Waals surface area contributed by atoms with Crippen molar-refractivity contribution >= 4 is 5.91 Å². The molecule has 1 N–H and O–H groups in total. The van der Waals surface area contributed by atoms with E-state index in [0.29, 0.717) is 0 Å². The molecule has 0 radical (unpaired) electrons. The topological polar surface area (TPSA) is 52.9 Å². The lowest BCUT2D eigenvalue weighted by Crippen LogP contribution is -2.48. The number of halogens is 1. The summed E-state index contributed by atoms with van der Waals surface area (Å²) < 4.78 is 14.8. The van der Waals surface area contributed by atoms with Gasteiger partial charge in [-0.1, -0.05) is 50.6 Å². The van der Waals surface area contributed by atoms with Crippen molar-refractivity contribution in [3.63, 3.8) is 0 Å². The Bertz CT molecular complexity index is 525. The maximum absolute atomic E-state index is 14.8. The largest absolute Gasteiger partial charge is 0.349 e. The quantitative estimate of drug-likeness (QED) is 0.921. The normalized spacial score (nSPS) is 15.8. The van der Waals surface area contributed by atoms with Crippen molar-refractivity contribution in [3.8, 4) is 6.07 Å². The molecule has 0 aromatic heterocycles. The van der Waals surface area contributed by atoms with E-state index >= 15 is 0 Å². The average molecular weight is 276 g/mol. The SMILES string of the molecule is Cc1ccc([C@](F)(C#N)C(=O)N[C@H](C)C(C)(C)C)cc1. The van der Waals surface area contributed by atoms with Crippen LogP contribution in [0.1, 0.15) is 38.8 Å². The molecule has 1 aromatic carbocycles. The molecule has 0 saturated heterocycles. The second-order valence-electron chi connectivity index (χ2n) is 6.20. The van der Waals surface area contributed by atoms with Crippen LogP contribution in [0.2, 0.25) is 0 Å². The van der Waals surface area contributed by atoms with Gasteiger partial charge in [-0.3, -0.25) is 4.79 Å². The molecule has 2 atom stereocenters. The molecule has 0 unspecified atom stereocenters. The molecule has 0 aliphatic rings.